The highest BCUT2D eigenvalue weighted by Gasteiger charge is 2.04. The van der Waals surface area contributed by atoms with Crippen molar-refractivity contribution in [1.29, 1.82) is 0 Å². The quantitative estimate of drug-likeness (QED) is 0.274. The number of ether oxygens (including phenoxy) is 5. The Hall–Kier alpha value is -1.18. The van der Waals surface area contributed by atoms with Crippen LogP contribution in [0.25, 0.3) is 0 Å². The van der Waals surface area contributed by atoms with Crippen LogP contribution in [0.1, 0.15) is 51.4 Å². The van der Waals surface area contributed by atoms with E-state index in [-0.39, 0.29) is 25.2 Å². The van der Waals surface area contributed by atoms with Gasteiger partial charge >= 0.3 is 11.9 Å². The van der Waals surface area contributed by atoms with Crippen molar-refractivity contribution in [2.75, 3.05) is 53.9 Å². The van der Waals surface area contributed by atoms with Gasteiger partial charge in [-0.2, -0.15) is 0 Å². The lowest BCUT2D eigenvalue weighted by molar-refractivity contribution is -0.146. The van der Waals surface area contributed by atoms with Gasteiger partial charge < -0.3 is 23.7 Å². The fourth-order valence-corrected chi connectivity index (χ4v) is 2.06. The number of carbonyl (C=O) groups is 2. The molecule has 7 nitrogen and oxygen atoms in total. The molecule has 0 aliphatic heterocycles. The molecule has 0 atom stereocenters. The third-order valence-electron chi connectivity index (χ3n) is 3.44. The summed E-state index contributed by atoms with van der Waals surface area (Å²) in [5.74, 6) is -0.415. The van der Waals surface area contributed by atoms with Gasteiger partial charge in [0.1, 0.15) is 13.2 Å². The van der Waals surface area contributed by atoms with Crippen molar-refractivity contribution < 1.29 is 33.3 Å². The lowest BCUT2D eigenvalue weighted by Gasteiger charge is -2.07. The molecule has 0 rings (SSSR count). The molecule has 0 heterocycles. The molecule has 0 aromatic carbocycles. The van der Waals surface area contributed by atoms with Crippen LogP contribution in [-0.4, -0.2) is 65.8 Å². The van der Waals surface area contributed by atoms with Crippen LogP contribution < -0.4 is 0 Å². The molecule has 0 aliphatic rings. The number of carbonyl (C=O) groups excluding carboxylic acids is 2. The van der Waals surface area contributed by atoms with Crippen LogP contribution >= 0.6 is 0 Å². The van der Waals surface area contributed by atoms with Gasteiger partial charge in [0.2, 0.25) is 0 Å². The minimum atomic E-state index is -0.207. The molecule has 0 aliphatic carbocycles. The molecule has 7 heteroatoms. The molecule has 0 unspecified atom stereocenters. The predicted octanol–water partition coefficient (Wildman–Crippen LogP) is 2.50. The summed E-state index contributed by atoms with van der Waals surface area (Å²) in [7, 11) is 3.33. The van der Waals surface area contributed by atoms with E-state index in [9.17, 15) is 9.59 Å². The molecule has 0 aromatic heterocycles. The summed E-state index contributed by atoms with van der Waals surface area (Å²) in [4.78, 5) is 22.9. The first-order chi connectivity index (χ1) is 12.2. The first-order valence-corrected chi connectivity index (χ1v) is 9.07. The van der Waals surface area contributed by atoms with E-state index in [4.69, 9.17) is 23.7 Å². The summed E-state index contributed by atoms with van der Waals surface area (Å²) in [5.41, 5.74) is 0. The van der Waals surface area contributed by atoms with Gasteiger partial charge in [-0.05, 0) is 25.7 Å². The van der Waals surface area contributed by atoms with E-state index in [1.165, 1.54) is 0 Å². The molecular formula is C18H34O7. The van der Waals surface area contributed by atoms with Crippen LogP contribution in [0.15, 0.2) is 0 Å². The first-order valence-electron chi connectivity index (χ1n) is 9.07. The van der Waals surface area contributed by atoms with E-state index in [1.807, 2.05) is 0 Å². The average molecular weight is 362 g/mol. The summed E-state index contributed by atoms with van der Waals surface area (Å²) >= 11 is 0. The minimum Gasteiger partial charge on any atom is -0.463 e. The number of hydrogen-bond acceptors (Lipinski definition) is 7. The number of hydrogen-bond donors (Lipinski definition) is 0. The summed E-state index contributed by atoms with van der Waals surface area (Å²) in [6, 6.07) is 0. The van der Waals surface area contributed by atoms with Gasteiger partial charge in [-0.15, -0.1) is 0 Å². The highest BCUT2D eigenvalue weighted by Crippen LogP contribution is 2.02. The molecule has 0 amide bonds. The maximum absolute atomic E-state index is 11.4. The Labute approximate surface area is 151 Å². The normalized spacial score (nSPS) is 10.6. The highest BCUT2D eigenvalue weighted by molar-refractivity contribution is 5.69. The Kier molecular flexibility index (Phi) is 18.2. The van der Waals surface area contributed by atoms with Crippen LogP contribution in [0.3, 0.4) is 0 Å². The highest BCUT2D eigenvalue weighted by atomic mass is 16.6. The molecule has 25 heavy (non-hydrogen) atoms. The van der Waals surface area contributed by atoms with Crippen molar-refractivity contribution in [3.8, 4) is 0 Å². The van der Waals surface area contributed by atoms with Gasteiger partial charge in [-0.1, -0.05) is 12.8 Å². The van der Waals surface area contributed by atoms with Gasteiger partial charge in [-0.3, -0.25) is 9.59 Å². The molecule has 0 spiro atoms. The Bertz CT molecular complexity index is 291. The second-order valence-electron chi connectivity index (χ2n) is 5.66. The fourth-order valence-electron chi connectivity index (χ4n) is 2.06. The Morgan fingerprint density at radius 2 is 1.00 bits per heavy atom. The largest absolute Gasteiger partial charge is 0.463 e. The summed E-state index contributed by atoms with van der Waals surface area (Å²) < 4.78 is 25.2. The van der Waals surface area contributed by atoms with Crippen LogP contribution in [-0.2, 0) is 33.3 Å². The van der Waals surface area contributed by atoms with Crippen LogP contribution in [0.2, 0.25) is 0 Å². The maximum atomic E-state index is 11.4. The number of rotatable bonds is 18. The summed E-state index contributed by atoms with van der Waals surface area (Å²) in [6.07, 6.45) is 6.29. The molecule has 0 saturated carbocycles. The van der Waals surface area contributed by atoms with Gasteiger partial charge in [0, 0.05) is 40.3 Å². The van der Waals surface area contributed by atoms with Gasteiger partial charge in [0.05, 0.1) is 13.2 Å². The Morgan fingerprint density at radius 3 is 1.40 bits per heavy atom. The molecule has 0 N–H and O–H groups in total. The predicted molar refractivity (Wildman–Crippen MR) is 93.4 cm³/mol. The Morgan fingerprint density at radius 1 is 0.560 bits per heavy atom. The lowest BCUT2D eigenvalue weighted by Crippen LogP contribution is -2.14. The minimum absolute atomic E-state index is 0.207. The van der Waals surface area contributed by atoms with E-state index >= 15 is 0 Å². The zero-order chi connectivity index (χ0) is 18.6. The molecule has 0 fully saturated rings. The SMILES string of the molecule is COCCCCCC(=O)OCCOCCOC(=O)CCCCCOC. The third kappa shape index (κ3) is 19.0. The van der Waals surface area contributed by atoms with Gasteiger partial charge in [0.25, 0.3) is 0 Å². The topological polar surface area (TPSA) is 80.3 Å². The lowest BCUT2D eigenvalue weighted by atomic mass is 10.2. The molecule has 148 valence electrons. The van der Waals surface area contributed by atoms with E-state index < -0.39 is 0 Å². The second kappa shape index (κ2) is 19.1. The molecule has 0 radical (unpaired) electrons. The van der Waals surface area contributed by atoms with Crippen LogP contribution in [0, 0.1) is 0 Å². The van der Waals surface area contributed by atoms with Crippen molar-refractivity contribution in [1.82, 2.24) is 0 Å². The second-order valence-corrected chi connectivity index (χ2v) is 5.66. The number of unbranched alkanes of at least 4 members (excludes halogenated alkanes) is 4. The summed E-state index contributed by atoms with van der Waals surface area (Å²) in [5, 5.41) is 0. The van der Waals surface area contributed by atoms with Crippen LogP contribution in [0.4, 0.5) is 0 Å². The van der Waals surface area contributed by atoms with Gasteiger partial charge in [0.15, 0.2) is 0 Å². The number of esters is 2. The van der Waals surface area contributed by atoms with E-state index in [0.29, 0.717) is 26.1 Å². The molecule has 0 aromatic rings. The van der Waals surface area contributed by atoms with Gasteiger partial charge in [-0.25, -0.2) is 0 Å². The van der Waals surface area contributed by atoms with E-state index in [2.05, 4.69) is 0 Å². The monoisotopic (exact) mass is 362 g/mol. The molecule has 0 bridgehead atoms. The number of methoxy groups -OCH3 is 2. The average Bonchev–Trinajstić information content (AvgIpc) is 2.60. The first kappa shape index (κ1) is 23.8. The standard InChI is InChI=1S/C18H34O7/c1-21-11-7-3-5-9-17(19)24-15-13-23-14-16-25-18(20)10-6-4-8-12-22-2/h3-16H2,1-2H3. The smallest absolute Gasteiger partial charge is 0.305 e. The summed E-state index contributed by atoms with van der Waals surface area (Å²) in [6.45, 7) is 2.52. The fraction of sp³-hybridized carbons (Fsp3) is 0.889. The third-order valence-corrected chi connectivity index (χ3v) is 3.44. The van der Waals surface area contributed by atoms with Crippen molar-refractivity contribution >= 4 is 11.9 Å². The zero-order valence-electron chi connectivity index (χ0n) is 15.8. The molecular weight excluding hydrogens is 328 g/mol. The molecule has 0 saturated heterocycles. The zero-order valence-corrected chi connectivity index (χ0v) is 15.8. The van der Waals surface area contributed by atoms with E-state index in [0.717, 1.165) is 51.7 Å². The van der Waals surface area contributed by atoms with Crippen molar-refractivity contribution in [2.24, 2.45) is 0 Å². The van der Waals surface area contributed by atoms with Crippen LogP contribution in [0.5, 0.6) is 0 Å². The van der Waals surface area contributed by atoms with E-state index in [1.54, 1.807) is 14.2 Å². The van der Waals surface area contributed by atoms with Crippen molar-refractivity contribution in [3.63, 3.8) is 0 Å². The maximum Gasteiger partial charge on any atom is 0.305 e. The Balaban J connectivity index is 3.26. The van der Waals surface area contributed by atoms with Crippen molar-refractivity contribution in [3.05, 3.63) is 0 Å². The van der Waals surface area contributed by atoms with Crippen molar-refractivity contribution in [2.45, 2.75) is 51.4 Å².